The van der Waals surface area contributed by atoms with Gasteiger partial charge in [0, 0.05) is 11.3 Å². The molecule has 0 amide bonds. The summed E-state index contributed by atoms with van der Waals surface area (Å²) in [4.78, 5) is 0. The molecular weight excluding hydrogens is 274 g/mol. The van der Waals surface area contributed by atoms with E-state index in [2.05, 4.69) is 74.5 Å². The molecule has 0 bridgehead atoms. The van der Waals surface area contributed by atoms with E-state index in [0.717, 1.165) is 12.2 Å². The van der Waals surface area contributed by atoms with Crippen LogP contribution in [0.4, 0.5) is 0 Å². The maximum atomic E-state index is 6.55. The van der Waals surface area contributed by atoms with Crippen LogP contribution in [0, 0.1) is 5.92 Å². The largest absolute Gasteiger partial charge is 0.326 e. The molecule has 2 unspecified atom stereocenters. The van der Waals surface area contributed by atoms with Gasteiger partial charge < -0.3 is 5.73 Å². The Morgan fingerprint density at radius 2 is 1.48 bits per heavy atom. The van der Waals surface area contributed by atoms with Crippen molar-refractivity contribution in [1.82, 2.24) is 0 Å². The average molecular weight is 299 g/mol. The third kappa shape index (κ3) is 5.22. The molecule has 0 spiro atoms. The second kappa shape index (κ2) is 8.26. The summed E-state index contributed by atoms with van der Waals surface area (Å²) in [5.41, 5.74) is 9.20. The van der Waals surface area contributed by atoms with Gasteiger partial charge in [0.1, 0.15) is 0 Å². The maximum Gasteiger partial charge on any atom is 0.0451 e. The Hall–Kier alpha value is -1.25. The number of rotatable bonds is 7. The molecule has 0 saturated carbocycles. The number of hydrogen-bond acceptors (Lipinski definition) is 2. The van der Waals surface area contributed by atoms with Gasteiger partial charge in [0.05, 0.1) is 0 Å². The molecular formula is C19H25NS. The van der Waals surface area contributed by atoms with Gasteiger partial charge >= 0.3 is 0 Å². The molecule has 0 aliphatic carbocycles. The van der Waals surface area contributed by atoms with E-state index in [1.807, 2.05) is 11.8 Å². The summed E-state index contributed by atoms with van der Waals surface area (Å²) in [5, 5.41) is 0.355. The second-order valence-corrected chi connectivity index (χ2v) is 7.09. The highest BCUT2D eigenvalue weighted by Gasteiger charge is 2.21. The summed E-state index contributed by atoms with van der Waals surface area (Å²) < 4.78 is 0. The second-order valence-electron chi connectivity index (χ2n) is 5.91. The molecule has 2 N–H and O–H groups in total. The van der Waals surface area contributed by atoms with E-state index < -0.39 is 0 Å². The summed E-state index contributed by atoms with van der Waals surface area (Å²) in [6.07, 6.45) is 0.922. The molecule has 112 valence electrons. The van der Waals surface area contributed by atoms with Crippen molar-refractivity contribution in [2.75, 3.05) is 5.75 Å². The Morgan fingerprint density at radius 1 is 0.905 bits per heavy atom. The van der Waals surface area contributed by atoms with Gasteiger partial charge in [0.15, 0.2) is 0 Å². The Kier molecular flexibility index (Phi) is 6.34. The van der Waals surface area contributed by atoms with Gasteiger partial charge in [-0.3, -0.25) is 0 Å². The summed E-state index contributed by atoms with van der Waals surface area (Å²) in [6.45, 7) is 4.52. The number of benzene rings is 2. The fraction of sp³-hybridized carbons (Fsp3) is 0.368. The Labute approximate surface area is 133 Å². The van der Waals surface area contributed by atoms with Gasteiger partial charge in [0.25, 0.3) is 0 Å². The minimum atomic E-state index is 0.138. The van der Waals surface area contributed by atoms with Crippen molar-refractivity contribution in [2.24, 2.45) is 11.7 Å². The minimum Gasteiger partial charge on any atom is -0.326 e. The van der Waals surface area contributed by atoms with Gasteiger partial charge in [0.2, 0.25) is 0 Å². The normalized spacial score (nSPS) is 14.1. The molecule has 21 heavy (non-hydrogen) atoms. The number of nitrogens with two attached hydrogens (primary N) is 1. The fourth-order valence-electron chi connectivity index (χ4n) is 2.40. The zero-order valence-corrected chi connectivity index (χ0v) is 13.7. The Balaban J connectivity index is 2.10. The fourth-order valence-corrected chi connectivity index (χ4v) is 3.68. The molecule has 0 aliphatic heterocycles. The lowest BCUT2D eigenvalue weighted by Crippen LogP contribution is -2.29. The van der Waals surface area contributed by atoms with Crippen LogP contribution in [-0.4, -0.2) is 11.8 Å². The van der Waals surface area contributed by atoms with Crippen LogP contribution < -0.4 is 5.73 Å². The van der Waals surface area contributed by atoms with Gasteiger partial charge in [-0.05, 0) is 29.2 Å². The van der Waals surface area contributed by atoms with Crippen LogP contribution in [-0.2, 0) is 6.42 Å². The van der Waals surface area contributed by atoms with Crippen molar-refractivity contribution in [3.05, 3.63) is 71.8 Å². The van der Waals surface area contributed by atoms with E-state index in [4.69, 9.17) is 5.73 Å². The molecule has 1 nitrogen and oxygen atoms in total. The van der Waals surface area contributed by atoms with Crippen LogP contribution in [0.25, 0.3) is 0 Å². The maximum absolute atomic E-state index is 6.55. The van der Waals surface area contributed by atoms with E-state index in [-0.39, 0.29) is 6.04 Å². The monoisotopic (exact) mass is 299 g/mol. The third-order valence-corrected chi connectivity index (χ3v) is 5.28. The molecule has 0 heterocycles. The quantitative estimate of drug-likeness (QED) is 0.803. The van der Waals surface area contributed by atoms with Gasteiger partial charge in [-0.15, -0.1) is 0 Å². The average Bonchev–Trinajstić information content (AvgIpc) is 2.49. The number of thioether (sulfide) groups is 1. The first-order valence-electron chi connectivity index (χ1n) is 7.63. The Morgan fingerprint density at radius 3 is 2.05 bits per heavy atom. The highest BCUT2D eigenvalue weighted by molar-refractivity contribution is 7.99. The van der Waals surface area contributed by atoms with Crippen LogP contribution in [0.1, 0.15) is 30.2 Å². The van der Waals surface area contributed by atoms with E-state index in [0.29, 0.717) is 11.2 Å². The molecule has 2 heteroatoms. The van der Waals surface area contributed by atoms with Crippen molar-refractivity contribution in [2.45, 2.75) is 31.6 Å². The van der Waals surface area contributed by atoms with Crippen LogP contribution in [0.15, 0.2) is 60.7 Å². The standard InChI is InChI=1S/C19H25NS/c1-15(2)14-21-19(17-11-7-4-8-12-17)18(20)13-16-9-5-3-6-10-16/h3-12,15,18-19H,13-14,20H2,1-2H3. The SMILES string of the molecule is CC(C)CSC(c1ccccc1)C(N)Cc1ccccc1. The lowest BCUT2D eigenvalue weighted by atomic mass is 9.99. The van der Waals surface area contributed by atoms with E-state index in [9.17, 15) is 0 Å². The highest BCUT2D eigenvalue weighted by atomic mass is 32.2. The molecule has 0 aliphatic rings. The lowest BCUT2D eigenvalue weighted by molar-refractivity contribution is 0.647. The molecule has 2 atom stereocenters. The van der Waals surface area contributed by atoms with E-state index >= 15 is 0 Å². The lowest BCUT2D eigenvalue weighted by Gasteiger charge is -2.25. The first-order valence-corrected chi connectivity index (χ1v) is 8.67. The molecule has 2 rings (SSSR count). The highest BCUT2D eigenvalue weighted by Crippen LogP contribution is 2.33. The van der Waals surface area contributed by atoms with Gasteiger partial charge in [-0.2, -0.15) is 11.8 Å². The molecule has 0 aromatic heterocycles. The third-order valence-electron chi connectivity index (χ3n) is 3.44. The minimum absolute atomic E-state index is 0.138. The zero-order valence-electron chi connectivity index (χ0n) is 12.9. The van der Waals surface area contributed by atoms with E-state index in [1.54, 1.807) is 0 Å². The predicted octanol–water partition coefficient (Wildman–Crippen LogP) is 4.69. The first kappa shape index (κ1) is 16.1. The van der Waals surface area contributed by atoms with Gasteiger partial charge in [-0.1, -0.05) is 74.5 Å². The van der Waals surface area contributed by atoms with Crippen LogP contribution in [0.3, 0.4) is 0 Å². The first-order chi connectivity index (χ1) is 10.2. The predicted molar refractivity (Wildman–Crippen MR) is 94.6 cm³/mol. The Bertz CT molecular complexity index is 510. The van der Waals surface area contributed by atoms with Gasteiger partial charge in [-0.25, -0.2) is 0 Å². The van der Waals surface area contributed by atoms with Crippen molar-refractivity contribution >= 4 is 11.8 Å². The van der Waals surface area contributed by atoms with E-state index in [1.165, 1.54) is 11.1 Å². The van der Waals surface area contributed by atoms with Crippen molar-refractivity contribution in [3.8, 4) is 0 Å². The van der Waals surface area contributed by atoms with Crippen molar-refractivity contribution in [1.29, 1.82) is 0 Å². The molecule has 2 aromatic carbocycles. The van der Waals surface area contributed by atoms with Crippen molar-refractivity contribution in [3.63, 3.8) is 0 Å². The molecule has 0 saturated heterocycles. The molecule has 0 fully saturated rings. The summed E-state index contributed by atoms with van der Waals surface area (Å²) in [7, 11) is 0. The smallest absolute Gasteiger partial charge is 0.0451 e. The van der Waals surface area contributed by atoms with Crippen LogP contribution in [0.5, 0.6) is 0 Å². The zero-order chi connectivity index (χ0) is 15.1. The molecule has 2 aromatic rings. The number of hydrogen-bond donors (Lipinski definition) is 1. The topological polar surface area (TPSA) is 26.0 Å². The summed E-state index contributed by atoms with van der Waals surface area (Å²) >= 11 is 1.99. The summed E-state index contributed by atoms with van der Waals surface area (Å²) in [6, 6.07) is 21.4. The van der Waals surface area contributed by atoms with Crippen LogP contribution >= 0.6 is 11.8 Å². The molecule has 0 radical (unpaired) electrons. The van der Waals surface area contributed by atoms with Crippen LogP contribution in [0.2, 0.25) is 0 Å². The summed E-state index contributed by atoms with van der Waals surface area (Å²) in [5.74, 6) is 1.83. The van der Waals surface area contributed by atoms with Crippen molar-refractivity contribution < 1.29 is 0 Å².